The van der Waals surface area contributed by atoms with E-state index in [9.17, 15) is 0 Å². The van der Waals surface area contributed by atoms with Crippen molar-refractivity contribution in [2.75, 3.05) is 0 Å². The predicted octanol–water partition coefficient (Wildman–Crippen LogP) is -0.575. The van der Waals surface area contributed by atoms with Crippen molar-refractivity contribution in [3.63, 3.8) is 0 Å². The van der Waals surface area contributed by atoms with Crippen LogP contribution in [0.3, 0.4) is 0 Å². The molecule has 0 aliphatic heterocycles. The molecule has 0 saturated heterocycles. The molecule has 0 nitrogen and oxygen atoms in total. The van der Waals surface area contributed by atoms with Crippen LogP contribution in [0, 0.1) is 41.5 Å². The minimum absolute atomic E-state index is 0. The van der Waals surface area contributed by atoms with E-state index in [1.54, 1.807) is 0 Å². The fraction of sp³-hybridized carbons (Fsp3) is 0.312. The van der Waals surface area contributed by atoms with E-state index in [1.807, 2.05) is 0 Å². The van der Waals surface area contributed by atoms with Gasteiger partial charge in [-0.05, 0) is 0 Å². The van der Waals surface area contributed by atoms with Gasteiger partial charge in [0.15, 0.2) is 0 Å². The van der Waals surface area contributed by atoms with E-state index < -0.39 is 0 Å². The maximum absolute atomic E-state index is 2.42. The molecule has 0 bridgehead atoms. The molecule has 0 N–H and O–H groups in total. The summed E-state index contributed by atoms with van der Waals surface area (Å²) >= 11 is 2.34. The van der Waals surface area contributed by atoms with Crippen molar-refractivity contribution < 1.29 is 57.7 Å². The number of allylic oxidation sites excluding steroid dienone is 4. The molecule has 0 fully saturated rings. The molecule has 0 saturated carbocycles. The van der Waals surface area contributed by atoms with Crippen LogP contribution in [0.25, 0.3) is 0 Å². The van der Waals surface area contributed by atoms with E-state index in [0.717, 1.165) is 6.42 Å². The molecule has 0 atom stereocenters. The number of rotatable bonds is 4. The first-order chi connectivity index (χ1) is 15.5. The number of hydrogen-bond donors (Lipinski definition) is 0. The first kappa shape index (κ1) is 32.8. The normalized spacial score (nSPS) is 13.3. The second kappa shape index (κ2) is 12.5. The molecular weight excluding hydrogens is 539 g/mol. The summed E-state index contributed by atoms with van der Waals surface area (Å²) in [5, 5.41) is 0. The fourth-order valence-corrected chi connectivity index (χ4v) is 6.61. The monoisotopic (exact) mass is 572 g/mol. The Morgan fingerprint density at radius 3 is 1.00 bits per heavy atom. The van der Waals surface area contributed by atoms with Crippen LogP contribution in [-0.4, -0.2) is 0 Å². The van der Waals surface area contributed by atoms with Crippen LogP contribution in [0.5, 0.6) is 0 Å². The van der Waals surface area contributed by atoms with E-state index in [2.05, 4.69) is 130 Å². The van der Waals surface area contributed by atoms with E-state index in [-0.39, 0.29) is 42.6 Å². The van der Waals surface area contributed by atoms with Crippen molar-refractivity contribution in [1.82, 2.24) is 0 Å². The van der Waals surface area contributed by atoms with Gasteiger partial charge in [-0.1, -0.05) is 0 Å². The van der Waals surface area contributed by atoms with E-state index >= 15 is 0 Å². The fourth-order valence-electron chi connectivity index (χ4n) is 5.84. The topological polar surface area (TPSA) is 0 Å². The summed E-state index contributed by atoms with van der Waals surface area (Å²) in [6.45, 7) is 18.0. The summed E-state index contributed by atoms with van der Waals surface area (Å²) in [6.07, 6.45) is 1.02. The molecule has 4 heteroatoms. The number of halogens is 3. The predicted molar refractivity (Wildman–Crippen MR) is 138 cm³/mol. The third-order valence-corrected chi connectivity index (χ3v) is 8.23. The quantitative estimate of drug-likeness (QED) is 0.290. The number of aryl methyl sites for hydroxylation is 6. The molecule has 0 spiro atoms. The summed E-state index contributed by atoms with van der Waals surface area (Å²) in [6, 6.07) is 21.4. The van der Waals surface area contributed by atoms with E-state index in [1.165, 1.54) is 70.7 Å². The van der Waals surface area contributed by atoms with Crippen LogP contribution >= 0.6 is 0 Å². The van der Waals surface area contributed by atoms with Crippen molar-refractivity contribution >= 4 is 0 Å². The van der Waals surface area contributed by atoms with Gasteiger partial charge in [-0.3, -0.25) is 0 Å². The van der Waals surface area contributed by atoms with Crippen LogP contribution < -0.4 is 37.2 Å². The standard InChI is InChI=1S/C32H35.3ClH.Ti/c1-20-9-21(2)13-28(12-20)32(31-18-26(7)27(8)19-31,29-14-22(3)10-23(4)15-29)30-16-24(5)11-25(6)17-30;;;;/h9-17H,18H2,1-8H3;3*1H;/q;;;;+3/p-3. The van der Waals surface area contributed by atoms with Crippen LogP contribution in [0.15, 0.2) is 75.2 Å². The van der Waals surface area contributed by atoms with Crippen LogP contribution in [0.2, 0.25) is 0 Å². The maximum atomic E-state index is 2.42. The first-order valence-electron chi connectivity index (χ1n) is 11.9. The van der Waals surface area contributed by atoms with E-state index in [0.29, 0.717) is 0 Å². The van der Waals surface area contributed by atoms with Crippen molar-refractivity contribution in [3.05, 3.63) is 125 Å². The molecule has 4 rings (SSSR count). The zero-order valence-electron chi connectivity index (χ0n) is 22.5. The maximum Gasteiger partial charge on any atom is -1.00 e. The number of hydrogen-bond acceptors (Lipinski definition) is 0. The van der Waals surface area contributed by atoms with Gasteiger partial charge in [-0.25, -0.2) is 0 Å². The van der Waals surface area contributed by atoms with Gasteiger partial charge in [0.25, 0.3) is 0 Å². The van der Waals surface area contributed by atoms with Gasteiger partial charge in [-0.15, -0.1) is 0 Å². The largest absolute Gasteiger partial charge is 1.00 e. The molecule has 0 amide bonds. The van der Waals surface area contributed by atoms with Gasteiger partial charge >= 0.3 is 213 Å². The van der Waals surface area contributed by atoms with Gasteiger partial charge in [0.05, 0.1) is 0 Å². The van der Waals surface area contributed by atoms with Crippen molar-refractivity contribution in [2.24, 2.45) is 0 Å². The van der Waals surface area contributed by atoms with Crippen LogP contribution in [0.1, 0.15) is 70.3 Å². The molecule has 3 aromatic carbocycles. The summed E-state index contributed by atoms with van der Waals surface area (Å²) in [4.78, 5) is 0. The molecule has 3 aromatic rings. The molecule has 0 heterocycles. The zero-order valence-corrected chi connectivity index (χ0v) is 26.4. The smallest absolute Gasteiger partial charge is 1.00 e. The molecule has 0 aromatic heterocycles. The molecule has 1 aliphatic carbocycles. The Bertz CT molecular complexity index is 1150. The molecule has 0 unspecified atom stereocenters. The average molecular weight is 574 g/mol. The van der Waals surface area contributed by atoms with E-state index in [4.69, 9.17) is 0 Å². The molecular formula is C32H35Cl3Ti. The Labute approximate surface area is 248 Å². The summed E-state index contributed by atoms with van der Waals surface area (Å²) in [5.41, 5.74) is 16.2. The van der Waals surface area contributed by atoms with Crippen LogP contribution in [0.4, 0.5) is 0 Å². The van der Waals surface area contributed by atoms with Crippen molar-refractivity contribution in [2.45, 2.75) is 67.2 Å². The zero-order chi connectivity index (χ0) is 24.1. The van der Waals surface area contributed by atoms with Gasteiger partial charge < -0.3 is 37.2 Å². The Kier molecular flexibility index (Phi) is 11.4. The van der Waals surface area contributed by atoms with Crippen molar-refractivity contribution in [3.8, 4) is 0 Å². The van der Waals surface area contributed by atoms with Gasteiger partial charge in [0, 0.05) is 0 Å². The molecule has 36 heavy (non-hydrogen) atoms. The van der Waals surface area contributed by atoms with Crippen LogP contribution in [-0.2, 0) is 25.9 Å². The SMILES string of the molecule is CC1=C(C)[C]([Ti+3])=C(C(c2cc(C)cc(C)c2)(c2cc(C)cc(C)c2)c2cc(C)cc(C)c2)C1.[Cl-].[Cl-].[Cl-]. The Morgan fingerprint density at radius 2 is 0.778 bits per heavy atom. The van der Waals surface area contributed by atoms with Crippen molar-refractivity contribution in [1.29, 1.82) is 0 Å². The average Bonchev–Trinajstić information content (AvgIpc) is 2.94. The Morgan fingerprint density at radius 1 is 0.500 bits per heavy atom. The first-order valence-corrected chi connectivity index (χ1v) is 12.7. The van der Waals surface area contributed by atoms with Gasteiger partial charge in [0.2, 0.25) is 0 Å². The number of benzene rings is 3. The second-order valence-corrected chi connectivity index (χ2v) is 11.1. The molecule has 188 valence electrons. The molecule has 1 aliphatic rings. The summed E-state index contributed by atoms with van der Waals surface area (Å²) in [7, 11) is 0. The minimum atomic E-state index is -0.326. The molecule has 0 radical (unpaired) electrons. The van der Waals surface area contributed by atoms with Gasteiger partial charge in [0.1, 0.15) is 0 Å². The summed E-state index contributed by atoms with van der Waals surface area (Å²) < 4.78 is 1.45. The Hall–Kier alpha value is -1.28. The van der Waals surface area contributed by atoms with Gasteiger partial charge in [-0.2, -0.15) is 0 Å². The third kappa shape index (κ3) is 5.90. The third-order valence-electron chi connectivity index (χ3n) is 7.18. The summed E-state index contributed by atoms with van der Waals surface area (Å²) in [5.74, 6) is 0. The minimum Gasteiger partial charge on any atom is -1.00 e. The Balaban J connectivity index is 0.00000216. The second-order valence-electron chi connectivity index (χ2n) is 10.3.